The Hall–Kier alpha value is -2.61. The molecule has 3 aromatic rings. The number of benzene rings is 2. The normalized spacial score (nSPS) is 12.0. The summed E-state index contributed by atoms with van der Waals surface area (Å²) in [5, 5.41) is 4.11. The van der Waals surface area contributed by atoms with Gasteiger partial charge < -0.3 is 15.0 Å². The fourth-order valence-electron chi connectivity index (χ4n) is 3.19. The van der Waals surface area contributed by atoms with Crippen molar-refractivity contribution in [3.05, 3.63) is 68.7 Å². The molecule has 158 valence electrons. The van der Waals surface area contributed by atoms with Crippen molar-refractivity contribution in [3.63, 3.8) is 0 Å². The highest BCUT2D eigenvalue weighted by Crippen LogP contribution is 2.27. The summed E-state index contributed by atoms with van der Waals surface area (Å²) < 4.78 is 6.64. The van der Waals surface area contributed by atoms with Crippen LogP contribution in [0.5, 0.6) is 0 Å². The van der Waals surface area contributed by atoms with Crippen molar-refractivity contribution in [2.24, 2.45) is 7.05 Å². The van der Waals surface area contributed by atoms with Crippen LogP contribution in [0.2, 0.25) is 10.0 Å². The molecule has 1 unspecified atom stereocenters. The molecule has 1 heterocycles. The Morgan fingerprint density at radius 2 is 2.00 bits per heavy atom. The summed E-state index contributed by atoms with van der Waals surface area (Å²) in [5.74, 6) is 0.465. The van der Waals surface area contributed by atoms with Crippen LogP contribution in [0.25, 0.3) is 10.9 Å². The topological polar surface area (TPSA) is 76.5 Å². The zero-order chi connectivity index (χ0) is 21.8. The second kappa shape index (κ2) is 9.47. The first-order valence-electron chi connectivity index (χ1n) is 9.30. The summed E-state index contributed by atoms with van der Waals surface area (Å²) in [4.78, 5) is 32.0. The number of nitrogens with one attached hydrogen (secondary N) is 1. The largest absolute Gasteiger partial charge is 0.383 e. The van der Waals surface area contributed by atoms with Crippen molar-refractivity contribution in [3.8, 4) is 0 Å². The highest BCUT2D eigenvalue weighted by Gasteiger charge is 2.26. The second-order valence-electron chi connectivity index (χ2n) is 6.77. The summed E-state index contributed by atoms with van der Waals surface area (Å²) in [6, 6.07) is 11.0. The molecule has 2 aromatic carbocycles. The summed E-state index contributed by atoms with van der Waals surface area (Å²) in [6.45, 7) is 2.42. The molecular weight excluding hydrogens is 427 g/mol. The van der Waals surface area contributed by atoms with Crippen LogP contribution in [0.3, 0.4) is 0 Å². The molecule has 1 N–H and O–H groups in total. The maximum Gasteiger partial charge on any atom is 0.322 e. The van der Waals surface area contributed by atoms with Gasteiger partial charge in [0.25, 0.3) is 5.56 Å². The lowest BCUT2D eigenvalue weighted by Gasteiger charge is -2.30. The molecule has 0 aliphatic carbocycles. The number of methoxy groups -OCH3 is 1. The van der Waals surface area contributed by atoms with Crippen molar-refractivity contribution in [2.75, 3.05) is 25.6 Å². The Labute approximate surface area is 184 Å². The zero-order valence-electron chi connectivity index (χ0n) is 16.9. The van der Waals surface area contributed by atoms with E-state index in [1.807, 2.05) is 13.0 Å². The Morgan fingerprint density at radius 1 is 1.27 bits per heavy atom. The average molecular weight is 449 g/mol. The number of aromatic nitrogens is 2. The summed E-state index contributed by atoms with van der Waals surface area (Å²) in [5.41, 5.74) is 0.839. The first kappa shape index (κ1) is 22.1. The molecular formula is C21H22Cl2N4O3. The molecule has 0 spiro atoms. The van der Waals surface area contributed by atoms with E-state index in [1.165, 1.54) is 4.57 Å². The highest BCUT2D eigenvalue weighted by molar-refractivity contribution is 6.36. The van der Waals surface area contributed by atoms with Crippen LogP contribution in [0, 0.1) is 0 Å². The molecule has 0 bridgehead atoms. The Morgan fingerprint density at radius 3 is 2.70 bits per heavy atom. The maximum absolute atomic E-state index is 13.1. The number of fused-ring (bicyclic) bond motifs is 1. The molecule has 0 aliphatic rings. The van der Waals surface area contributed by atoms with Gasteiger partial charge in [0.1, 0.15) is 5.82 Å². The minimum absolute atomic E-state index is 0.171. The third kappa shape index (κ3) is 4.59. The number of nitrogens with zero attached hydrogens (tertiary/aromatic N) is 3. The van der Waals surface area contributed by atoms with Crippen LogP contribution in [-0.4, -0.2) is 40.7 Å². The number of amides is 2. The van der Waals surface area contributed by atoms with Gasteiger partial charge in [-0.3, -0.25) is 9.36 Å². The van der Waals surface area contributed by atoms with E-state index in [2.05, 4.69) is 10.3 Å². The summed E-state index contributed by atoms with van der Waals surface area (Å²) >= 11 is 12.1. The molecule has 2 amide bonds. The fraction of sp³-hybridized carbons (Fsp3) is 0.286. The van der Waals surface area contributed by atoms with Gasteiger partial charge >= 0.3 is 6.03 Å². The molecule has 1 aromatic heterocycles. The van der Waals surface area contributed by atoms with E-state index in [4.69, 9.17) is 27.9 Å². The van der Waals surface area contributed by atoms with Crippen molar-refractivity contribution in [2.45, 2.75) is 13.0 Å². The predicted octanol–water partition coefficient (Wildman–Crippen LogP) is 4.48. The van der Waals surface area contributed by atoms with Crippen molar-refractivity contribution in [1.82, 2.24) is 14.5 Å². The lowest BCUT2D eigenvalue weighted by atomic mass is 10.2. The number of carbonyl (C=O) groups is 1. The van der Waals surface area contributed by atoms with E-state index in [9.17, 15) is 9.59 Å². The Kier molecular flexibility index (Phi) is 6.97. The molecule has 0 aliphatic heterocycles. The van der Waals surface area contributed by atoms with E-state index in [-0.39, 0.29) is 12.1 Å². The highest BCUT2D eigenvalue weighted by atomic mass is 35.5. The number of ether oxygens (including phenoxy) is 1. The first-order valence-corrected chi connectivity index (χ1v) is 10.1. The molecule has 0 fully saturated rings. The predicted molar refractivity (Wildman–Crippen MR) is 119 cm³/mol. The van der Waals surface area contributed by atoms with Crippen LogP contribution in [-0.2, 0) is 11.8 Å². The van der Waals surface area contributed by atoms with Gasteiger partial charge in [-0.2, -0.15) is 0 Å². The third-order valence-electron chi connectivity index (χ3n) is 4.83. The molecule has 0 saturated carbocycles. The van der Waals surface area contributed by atoms with Gasteiger partial charge in [0, 0.05) is 25.7 Å². The monoisotopic (exact) mass is 448 g/mol. The SMILES string of the molecule is COCCN(C(=O)Nc1ccc(Cl)cc1Cl)C(C)c1nc2ccccc2c(=O)n1C. The minimum Gasteiger partial charge on any atom is -0.383 e. The van der Waals surface area contributed by atoms with Gasteiger partial charge in [-0.25, -0.2) is 9.78 Å². The molecule has 7 nitrogen and oxygen atoms in total. The van der Waals surface area contributed by atoms with E-state index in [0.29, 0.717) is 39.1 Å². The van der Waals surface area contributed by atoms with Crippen molar-refractivity contribution < 1.29 is 9.53 Å². The number of anilines is 1. The van der Waals surface area contributed by atoms with E-state index >= 15 is 0 Å². The van der Waals surface area contributed by atoms with Crippen LogP contribution < -0.4 is 10.9 Å². The molecule has 0 saturated heterocycles. The molecule has 3 rings (SSSR count). The van der Waals surface area contributed by atoms with Crippen LogP contribution in [0.1, 0.15) is 18.8 Å². The van der Waals surface area contributed by atoms with E-state index in [1.54, 1.807) is 55.5 Å². The number of urea groups is 1. The van der Waals surface area contributed by atoms with Gasteiger partial charge in [-0.15, -0.1) is 0 Å². The van der Waals surface area contributed by atoms with Gasteiger partial charge in [-0.05, 0) is 37.3 Å². The van der Waals surface area contributed by atoms with Gasteiger partial charge in [0.05, 0.1) is 34.3 Å². The number of rotatable bonds is 6. The second-order valence-corrected chi connectivity index (χ2v) is 7.61. The number of hydrogen-bond acceptors (Lipinski definition) is 4. The average Bonchev–Trinajstić information content (AvgIpc) is 2.73. The van der Waals surface area contributed by atoms with Crippen molar-refractivity contribution >= 4 is 45.8 Å². The van der Waals surface area contributed by atoms with Gasteiger partial charge in [0.15, 0.2) is 0 Å². The minimum atomic E-state index is -0.506. The molecule has 9 heteroatoms. The summed E-state index contributed by atoms with van der Waals surface area (Å²) in [6.07, 6.45) is 0. The van der Waals surface area contributed by atoms with Gasteiger partial charge in [-0.1, -0.05) is 35.3 Å². The number of halogens is 2. The fourth-order valence-corrected chi connectivity index (χ4v) is 3.64. The molecule has 30 heavy (non-hydrogen) atoms. The third-order valence-corrected chi connectivity index (χ3v) is 5.38. The van der Waals surface area contributed by atoms with E-state index < -0.39 is 12.1 Å². The number of para-hydroxylation sites is 1. The Balaban J connectivity index is 1.96. The molecule has 0 radical (unpaired) electrons. The standard InChI is InChI=1S/C21H22Cl2N4O3/c1-13(19-24-17-7-5-4-6-15(17)20(28)26(19)2)27(10-11-30-3)21(29)25-18-9-8-14(22)12-16(18)23/h4-9,12-13H,10-11H2,1-3H3,(H,25,29). The quantitative estimate of drug-likeness (QED) is 0.602. The Bertz CT molecular complexity index is 1130. The van der Waals surface area contributed by atoms with Crippen LogP contribution in [0.15, 0.2) is 47.3 Å². The molecule has 1 atom stereocenters. The smallest absolute Gasteiger partial charge is 0.322 e. The first-order chi connectivity index (χ1) is 14.3. The maximum atomic E-state index is 13.1. The lowest BCUT2D eigenvalue weighted by molar-refractivity contribution is 0.136. The van der Waals surface area contributed by atoms with Crippen molar-refractivity contribution in [1.29, 1.82) is 0 Å². The number of hydrogen-bond donors (Lipinski definition) is 1. The van der Waals surface area contributed by atoms with Crippen LogP contribution >= 0.6 is 23.2 Å². The lowest BCUT2D eigenvalue weighted by Crippen LogP contribution is -2.41. The van der Waals surface area contributed by atoms with Crippen LogP contribution in [0.4, 0.5) is 10.5 Å². The summed E-state index contributed by atoms with van der Waals surface area (Å²) in [7, 11) is 3.21. The van der Waals surface area contributed by atoms with Gasteiger partial charge in [0.2, 0.25) is 0 Å². The van der Waals surface area contributed by atoms with E-state index in [0.717, 1.165) is 0 Å². The zero-order valence-corrected chi connectivity index (χ0v) is 18.4. The number of carbonyl (C=O) groups excluding carboxylic acids is 1.